The first-order valence-electron chi connectivity index (χ1n) is 6.57. The molecular formula is C14H24Cl2N2O3. The van der Waals surface area contributed by atoms with Crippen LogP contribution in [0.25, 0.3) is 0 Å². The van der Waals surface area contributed by atoms with E-state index in [9.17, 15) is 5.11 Å². The first-order chi connectivity index (χ1) is 9.17. The Labute approximate surface area is 138 Å². The molecule has 1 aliphatic rings. The molecule has 1 saturated heterocycles. The Morgan fingerprint density at radius 3 is 2.00 bits per heavy atom. The van der Waals surface area contributed by atoms with E-state index in [1.807, 2.05) is 0 Å². The lowest BCUT2D eigenvalue weighted by Crippen LogP contribution is -2.44. The van der Waals surface area contributed by atoms with Crippen LogP contribution in [-0.4, -0.2) is 50.4 Å². The molecule has 0 spiro atoms. The molecule has 1 aromatic rings. The zero-order valence-corrected chi connectivity index (χ0v) is 14.2. The molecule has 0 aromatic heterocycles. The number of ether oxygens (including phenoxy) is 2. The van der Waals surface area contributed by atoms with Crippen molar-refractivity contribution in [3.63, 3.8) is 0 Å². The number of nitrogens with zero attached hydrogens (tertiary/aromatic N) is 1. The highest BCUT2D eigenvalue weighted by atomic mass is 35.5. The van der Waals surface area contributed by atoms with E-state index in [1.54, 1.807) is 26.4 Å². The molecule has 122 valence electrons. The van der Waals surface area contributed by atoms with E-state index in [0.717, 1.165) is 31.7 Å². The fourth-order valence-corrected chi connectivity index (χ4v) is 2.59. The van der Waals surface area contributed by atoms with Crippen LogP contribution in [0, 0.1) is 0 Å². The van der Waals surface area contributed by atoms with Crippen molar-refractivity contribution in [1.29, 1.82) is 0 Å². The van der Waals surface area contributed by atoms with Crippen molar-refractivity contribution in [2.75, 3.05) is 40.4 Å². The van der Waals surface area contributed by atoms with Crippen molar-refractivity contribution < 1.29 is 14.6 Å². The minimum Gasteiger partial charge on any atom is -0.508 e. The van der Waals surface area contributed by atoms with Gasteiger partial charge in [-0.25, -0.2) is 0 Å². The van der Waals surface area contributed by atoms with Gasteiger partial charge in [-0.3, -0.25) is 4.90 Å². The molecular weight excluding hydrogens is 315 g/mol. The molecule has 0 aliphatic carbocycles. The molecule has 1 aliphatic heterocycles. The number of hydrogen-bond donors (Lipinski definition) is 2. The van der Waals surface area contributed by atoms with Crippen molar-refractivity contribution in [3.05, 3.63) is 17.7 Å². The predicted molar refractivity (Wildman–Crippen MR) is 88.6 cm³/mol. The highest BCUT2D eigenvalue weighted by Crippen LogP contribution is 2.39. The molecule has 0 bridgehead atoms. The van der Waals surface area contributed by atoms with E-state index in [2.05, 4.69) is 17.1 Å². The number of rotatable bonds is 4. The number of methoxy groups -OCH3 is 2. The zero-order valence-electron chi connectivity index (χ0n) is 12.6. The smallest absolute Gasteiger partial charge is 0.131 e. The fraction of sp³-hybridized carbons (Fsp3) is 0.571. The normalized spacial score (nSPS) is 16.3. The van der Waals surface area contributed by atoms with Crippen molar-refractivity contribution in [1.82, 2.24) is 10.2 Å². The second-order valence-corrected chi connectivity index (χ2v) is 4.73. The average Bonchev–Trinajstić information content (AvgIpc) is 2.46. The zero-order chi connectivity index (χ0) is 13.8. The van der Waals surface area contributed by atoms with Crippen LogP contribution < -0.4 is 14.8 Å². The number of hydrogen-bond acceptors (Lipinski definition) is 5. The second kappa shape index (κ2) is 9.20. The molecule has 0 radical (unpaired) electrons. The average molecular weight is 339 g/mol. The summed E-state index contributed by atoms with van der Waals surface area (Å²) in [7, 11) is 3.23. The number of benzene rings is 1. The summed E-state index contributed by atoms with van der Waals surface area (Å²) in [5.74, 6) is 1.50. The van der Waals surface area contributed by atoms with Crippen LogP contribution in [-0.2, 0) is 0 Å². The van der Waals surface area contributed by atoms with E-state index in [0.29, 0.717) is 11.5 Å². The van der Waals surface area contributed by atoms with Crippen LogP contribution in [0.3, 0.4) is 0 Å². The molecule has 2 N–H and O–H groups in total. The van der Waals surface area contributed by atoms with Gasteiger partial charge in [-0.2, -0.15) is 0 Å². The number of phenols is 1. The van der Waals surface area contributed by atoms with Gasteiger partial charge >= 0.3 is 0 Å². The quantitative estimate of drug-likeness (QED) is 0.881. The molecule has 1 atom stereocenters. The molecule has 2 rings (SSSR count). The highest BCUT2D eigenvalue weighted by molar-refractivity contribution is 5.85. The summed E-state index contributed by atoms with van der Waals surface area (Å²) >= 11 is 0. The van der Waals surface area contributed by atoms with Gasteiger partial charge in [0.1, 0.15) is 17.2 Å². The monoisotopic (exact) mass is 338 g/mol. The van der Waals surface area contributed by atoms with Crippen LogP contribution >= 0.6 is 24.8 Å². The fourth-order valence-electron chi connectivity index (χ4n) is 2.59. The van der Waals surface area contributed by atoms with Gasteiger partial charge in [-0.15, -0.1) is 24.8 Å². The minimum atomic E-state index is 0. The van der Waals surface area contributed by atoms with E-state index < -0.39 is 0 Å². The van der Waals surface area contributed by atoms with E-state index >= 15 is 0 Å². The van der Waals surface area contributed by atoms with Gasteiger partial charge < -0.3 is 19.9 Å². The maximum Gasteiger partial charge on any atom is 0.131 e. The first-order valence-corrected chi connectivity index (χ1v) is 6.57. The van der Waals surface area contributed by atoms with Gasteiger partial charge in [0.25, 0.3) is 0 Å². The molecule has 0 unspecified atom stereocenters. The van der Waals surface area contributed by atoms with E-state index in [1.165, 1.54) is 0 Å². The lowest BCUT2D eigenvalue weighted by molar-refractivity contribution is 0.179. The summed E-state index contributed by atoms with van der Waals surface area (Å²) in [6.45, 7) is 6.12. The number of piperazine rings is 1. The highest BCUT2D eigenvalue weighted by Gasteiger charge is 2.24. The van der Waals surface area contributed by atoms with Crippen molar-refractivity contribution >= 4 is 24.8 Å². The Bertz CT molecular complexity index is 415. The topological polar surface area (TPSA) is 54.0 Å². The standard InChI is InChI=1S/C14H22N2O3.2ClH/c1-10(16-6-4-15-5-7-16)14-12(18-2)8-11(17)9-13(14)19-3;;/h8-10,15,17H,4-7H2,1-3H3;2*1H/t10-;;/m1../s1. The lowest BCUT2D eigenvalue weighted by atomic mass is 10.0. The van der Waals surface area contributed by atoms with E-state index in [4.69, 9.17) is 9.47 Å². The maximum atomic E-state index is 9.69. The van der Waals surface area contributed by atoms with Crippen LogP contribution in [0.1, 0.15) is 18.5 Å². The number of phenolic OH excluding ortho intramolecular Hbond substituents is 1. The molecule has 0 saturated carbocycles. The number of halogens is 2. The summed E-state index contributed by atoms with van der Waals surface area (Å²) in [6.07, 6.45) is 0. The van der Waals surface area contributed by atoms with Crippen LogP contribution in [0.5, 0.6) is 17.2 Å². The second-order valence-electron chi connectivity index (χ2n) is 4.73. The molecule has 1 fully saturated rings. The van der Waals surface area contributed by atoms with Crippen LogP contribution in [0.2, 0.25) is 0 Å². The van der Waals surface area contributed by atoms with Crippen LogP contribution in [0.4, 0.5) is 0 Å². The maximum absolute atomic E-state index is 9.69. The summed E-state index contributed by atoms with van der Waals surface area (Å²) in [5.41, 5.74) is 0.990. The Morgan fingerprint density at radius 2 is 1.57 bits per heavy atom. The SMILES string of the molecule is COc1cc(O)cc(OC)c1[C@@H](C)N1CCNCC1.Cl.Cl. The molecule has 5 nitrogen and oxygen atoms in total. The van der Waals surface area contributed by atoms with Crippen molar-refractivity contribution in [3.8, 4) is 17.2 Å². The summed E-state index contributed by atoms with van der Waals surface area (Å²) in [5, 5.41) is 13.0. The number of aromatic hydroxyl groups is 1. The third-order valence-corrected chi connectivity index (χ3v) is 3.65. The predicted octanol–water partition coefficient (Wildman–Crippen LogP) is 2.22. The Kier molecular flexibility index (Phi) is 8.82. The van der Waals surface area contributed by atoms with Gasteiger partial charge in [0.05, 0.1) is 19.8 Å². The summed E-state index contributed by atoms with van der Waals surface area (Å²) in [4.78, 5) is 2.38. The third kappa shape index (κ3) is 4.54. The molecule has 1 aromatic carbocycles. The Balaban J connectivity index is 0.00000200. The first kappa shape index (κ1) is 20.1. The largest absolute Gasteiger partial charge is 0.508 e. The third-order valence-electron chi connectivity index (χ3n) is 3.65. The van der Waals surface area contributed by atoms with E-state index in [-0.39, 0.29) is 36.6 Å². The Hall–Kier alpha value is -0.880. The van der Waals surface area contributed by atoms with Crippen LogP contribution in [0.15, 0.2) is 12.1 Å². The number of nitrogens with one attached hydrogen (secondary N) is 1. The molecule has 1 heterocycles. The van der Waals surface area contributed by atoms with Crippen molar-refractivity contribution in [2.45, 2.75) is 13.0 Å². The molecule has 21 heavy (non-hydrogen) atoms. The van der Waals surface area contributed by atoms with Gasteiger partial charge in [-0.05, 0) is 6.92 Å². The van der Waals surface area contributed by atoms with Gasteiger partial charge in [0, 0.05) is 44.4 Å². The molecule has 7 heteroatoms. The van der Waals surface area contributed by atoms with Gasteiger partial charge in [-0.1, -0.05) is 0 Å². The van der Waals surface area contributed by atoms with Crippen molar-refractivity contribution in [2.24, 2.45) is 0 Å². The molecule has 0 amide bonds. The Morgan fingerprint density at radius 1 is 1.10 bits per heavy atom. The summed E-state index contributed by atoms with van der Waals surface area (Å²) < 4.78 is 10.8. The lowest BCUT2D eigenvalue weighted by Gasteiger charge is -2.34. The summed E-state index contributed by atoms with van der Waals surface area (Å²) in [6, 6.07) is 3.46. The van der Waals surface area contributed by atoms with Gasteiger partial charge in [0.2, 0.25) is 0 Å². The van der Waals surface area contributed by atoms with Gasteiger partial charge in [0.15, 0.2) is 0 Å². The minimum absolute atomic E-state index is 0.